The molecule has 4 heterocycles. The van der Waals surface area contributed by atoms with Crippen molar-refractivity contribution in [2.45, 2.75) is 19.3 Å². The number of halogens is 2. The molecule has 8 nitrogen and oxygen atoms in total. The van der Waals surface area contributed by atoms with Crippen molar-refractivity contribution in [3.8, 4) is 22.5 Å². The minimum atomic E-state index is -0.893. The van der Waals surface area contributed by atoms with Crippen molar-refractivity contribution in [2.24, 2.45) is 0 Å². The molecule has 0 atom stereocenters. The number of piperidine rings is 1. The van der Waals surface area contributed by atoms with E-state index in [-0.39, 0.29) is 0 Å². The first-order chi connectivity index (χ1) is 13.7. The van der Waals surface area contributed by atoms with Gasteiger partial charge < -0.3 is 4.90 Å². The molecule has 5 rings (SSSR count). The molecule has 28 heavy (non-hydrogen) atoms. The Balaban J connectivity index is 1.74. The fourth-order valence-corrected chi connectivity index (χ4v) is 3.64. The first-order valence-corrected chi connectivity index (χ1v) is 9.03. The standard InChI is InChI=1S/C18H16F2N8/c19-14-5-4-11(8-15(14)20)12-9-21-17-13(16-23-25-26-24-16)10-22-28(17)18(12)27-6-2-1-3-7-27/h4-5,8-10H,1-3,6-7H2,(H,23,24,25,26). The quantitative estimate of drug-likeness (QED) is 0.586. The van der Waals surface area contributed by atoms with Crippen LogP contribution in [0, 0.1) is 11.6 Å². The zero-order valence-corrected chi connectivity index (χ0v) is 14.8. The highest BCUT2D eigenvalue weighted by Gasteiger charge is 2.23. The molecule has 1 aliphatic heterocycles. The van der Waals surface area contributed by atoms with Crippen LogP contribution in [0.5, 0.6) is 0 Å². The number of H-pyrrole nitrogens is 1. The van der Waals surface area contributed by atoms with E-state index in [0.29, 0.717) is 28.2 Å². The second-order valence-corrected chi connectivity index (χ2v) is 6.72. The number of nitrogens with zero attached hydrogens (tertiary/aromatic N) is 7. The van der Waals surface area contributed by atoms with Crippen molar-refractivity contribution in [1.82, 2.24) is 35.2 Å². The van der Waals surface area contributed by atoms with Crippen molar-refractivity contribution < 1.29 is 8.78 Å². The summed E-state index contributed by atoms with van der Waals surface area (Å²) in [6.07, 6.45) is 6.59. The summed E-state index contributed by atoms with van der Waals surface area (Å²) in [5.41, 5.74) is 2.50. The number of hydrogen-bond donors (Lipinski definition) is 1. The van der Waals surface area contributed by atoms with Gasteiger partial charge in [-0.3, -0.25) is 0 Å². The van der Waals surface area contributed by atoms with E-state index in [0.717, 1.165) is 37.8 Å². The van der Waals surface area contributed by atoms with Gasteiger partial charge in [0.1, 0.15) is 5.82 Å². The van der Waals surface area contributed by atoms with Gasteiger partial charge in [0.05, 0.1) is 11.8 Å². The number of aromatic amines is 1. The van der Waals surface area contributed by atoms with Crippen LogP contribution in [0.1, 0.15) is 19.3 Å². The second kappa shape index (κ2) is 6.63. The van der Waals surface area contributed by atoms with Gasteiger partial charge in [0.2, 0.25) is 0 Å². The molecule has 0 aliphatic carbocycles. The summed E-state index contributed by atoms with van der Waals surface area (Å²) in [7, 11) is 0. The number of fused-ring (bicyclic) bond motifs is 1. The van der Waals surface area contributed by atoms with E-state index >= 15 is 0 Å². The molecular weight excluding hydrogens is 366 g/mol. The van der Waals surface area contributed by atoms with E-state index in [1.54, 1.807) is 23.0 Å². The number of tetrazole rings is 1. The SMILES string of the molecule is Fc1ccc(-c2cnc3c(-c4nnn[nH]4)cnn3c2N2CCCCC2)cc1F. The van der Waals surface area contributed by atoms with Crippen LogP contribution in [-0.2, 0) is 0 Å². The first kappa shape index (κ1) is 16.7. The third kappa shape index (κ3) is 2.68. The summed E-state index contributed by atoms with van der Waals surface area (Å²) in [5.74, 6) is -0.505. The molecule has 0 spiro atoms. The fourth-order valence-electron chi connectivity index (χ4n) is 3.64. The van der Waals surface area contributed by atoms with Crippen LogP contribution >= 0.6 is 0 Å². The lowest BCUT2D eigenvalue weighted by molar-refractivity contribution is 0.509. The molecule has 0 radical (unpaired) electrons. The van der Waals surface area contributed by atoms with E-state index in [9.17, 15) is 8.78 Å². The first-order valence-electron chi connectivity index (χ1n) is 9.03. The van der Waals surface area contributed by atoms with E-state index < -0.39 is 11.6 Å². The molecule has 3 aromatic heterocycles. The summed E-state index contributed by atoms with van der Waals surface area (Å²) in [6, 6.07) is 3.87. The Hall–Kier alpha value is -3.43. The number of benzene rings is 1. The molecule has 1 aromatic carbocycles. The average molecular weight is 382 g/mol. The van der Waals surface area contributed by atoms with Gasteiger partial charge in [0, 0.05) is 24.8 Å². The Morgan fingerprint density at radius 3 is 2.57 bits per heavy atom. The molecule has 142 valence electrons. The Bertz CT molecular complexity index is 1130. The van der Waals surface area contributed by atoms with Crippen LogP contribution in [0.2, 0.25) is 0 Å². The third-order valence-corrected chi connectivity index (χ3v) is 4.99. The maximum Gasteiger partial charge on any atom is 0.184 e. The minimum Gasteiger partial charge on any atom is -0.356 e. The Labute approximate surface area is 158 Å². The van der Waals surface area contributed by atoms with Crippen molar-refractivity contribution in [3.63, 3.8) is 0 Å². The molecule has 1 fully saturated rings. The number of rotatable bonds is 3. The predicted octanol–water partition coefficient (Wildman–Crippen LogP) is 2.84. The lowest BCUT2D eigenvalue weighted by Gasteiger charge is -2.30. The van der Waals surface area contributed by atoms with Crippen LogP contribution in [0.4, 0.5) is 14.6 Å². The van der Waals surface area contributed by atoms with E-state index in [2.05, 4.69) is 35.6 Å². The molecule has 0 bridgehead atoms. The molecule has 0 amide bonds. The topological polar surface area (TPSA) is 87.9 Å². The van der Waals surface area contributed by atoms with E-state index in [1.807, 2.05) is 0 Å². The normalized spacial score (nSPS) is 14.7. The Morgan fingerprint density at radius 1 is 0.964 bits per heavy atom. The summed E-state index contributed by atoms with van der Waals surface area (Å²) in [6.45, 7) is 1.71. The molecule has 1 saturated heterocycles. The lowest BCUT2D eigenvalue weighted by Crippen LogP contribution is -2.31. The van der Waals surface area contributed by atoms with Gasteiger partial charge in [-0.05, 0) is 47.4 Å². The minimum absolute atomic E-state index is 0.465. The monoisotopic (exact) mass is 382 g/mol. The van der Waals surface area contributed by atoms with Crippen LogP contribution in [0.15, 0.2) is 30.6 Å². The fraction of sp³-hybridized carbons (Fsp3) is 0.278. The molecule has 10 heteroatoms. The molecule has 1 N–H and O–H groups in total. The largest absolute Gasteiger partial charge is 0.356 e. The van der Waals surface area contributed by atoms with Gasteiger partial charge in [0.15, 0.2) is 23.1 Å². The highest BCUT2D eigenvalue weighted by Crippen LogP contribution is 2.34. The maximum absolute atomic E-state index is 13.9. The Kier molecular flexibility index (Phi) is 3.96. The molecular formula is C18H16F2N8. The van der Waals surface area contributed by atoms with Crippen molar-refractivity contribution in [2.75, 3.05) is 18.0 Å². The van der Waals surface area contributed by atoms with Gasteiger partial charge in [0.25, 0.3) is 0 Å². The van der Waals surface area contributed by atoms with Gasteiger partial charge >= 0.3 is 0 Å². The Morgan fingerprint density at radius 2 is 1.82 bits per heavy atom. The van der Waals surface area contributed by atoms with Crippen LogP contribution in [0.25, 0.3) is 28.2 Å². The molecule has 0 saturated carbocycles. The van der Waals surface area contributed by atoms with Crippen LogP contribution in [0.3, 0.4) is 0 Å². The summed E-state index contributed by atoms with van der Waals surface area (Å²) < 4.78 is 29.0. The number of anilines is 1. The van der Waals surface area contributed by atoms with E-state index in [1.165, 1.54) is 12.5 Å². The van der Waals surface area contributed by atoms with Gasteiger partial charge in [-0.25, -0.2) is 18.9 Å². The van der Waals surface area contributed by atoms with Gasteiger partial charge in [-0.15, -0.1) is 5.10 Å². The molecule has 0 unspecified atom stereocenters. The van der Waals surface area contributed by atoms with Gasteiger partial charge in [-0.2, -0.15) is 9.61 Å². The third-order valence-electron chi connectivity index (χ3n) is 4.99. The van der Waals surface area contributed by atoms with Crippen LogP contribution < -0.4 is 4.90 Å². The molecule has 4 aromatic rings. The summed E-state index contributed by atoms with van der Waals surface area (Å²) in [4.78, 5) is 6.74. The lowest BCUT2D eigenvalue weighted by atomic mass is 10.1. The van der Waals surface area contributed by atoms with Crippen molar-refractivity contribution >= 4 is 11.5 Å². The second-order valence-electron chi connectivity index (χ2n) is 6.72. The number of hydrogen-bond acceptors (Lipinski definition) is 6. The zero-order chi connectivity index (χ0) is 19.1. The van der Waals surface area contributed by atoms with E-state index in [4.69, 9.17) is 0 Å². The van der Waals surface area contributed by atoms with Crippen molar-refractivity contribution in [1.29, 1.82) is 0 Å². The smallest absolute Gasteiger partial charge is 0.184 e. The highest BCUT2D eigenvalue weighted by atomic mass is 19.2. The summed E-state index contributed by atoms with van der Waals surface area (Å²) in [5, 5.41) is 18.4. The molecule has 1 aliphatic rings. The maximum atomic E-state index is 13.9. The highest BCUT2D eigenvalue weighted by molar-refractivity contribution is 5.81. The average Bonchev–Trinajstić information content (AvgIpc) is 3.39. The number of aromatic nitrogens is 7. The van der Waals surface area contributed by atoms with Gasteiger partial charge in [-0.1, -0.05) is 6.07 Å². The van der Waals surface area contributed by atoms with Crippen LogP contribution in [-0.4, -0.2) is 48.3 Å². The number of nitrogens with one attached hydrogen (secondary N) is 1. The predicted molar refractivity (Wildman–Crippen MR) is 97.6 cm³/mol. The summed E-state index contributed by atoms with van der Waals surface area (Å²) >= 11 is 0. The zero-order valence-electron chi connectivity index (χ0n) is 14.8. The van der Waals surface area contributed by atoms with Crippen molar-refractivity contribution in [3.05, 3.63) is 42.2 Å².